The SMILES string of the molecule is CCCCCCCCCCCCCC(=O)O[C@H]1C[Se]C[C@@H]1O. The predicted octanol–water partition coefficient (Wildman–Crippen LogP) is 4.51. The molecule has 1 aliphatic heterocycles. The molecule has 1 rings (SSSR count). The Morgan fingerprint density at radius 1 is 0.955 bits per heavy atom. The summed E-state index contributed by atoms with van der Waals surface area (Å²) in [5.41, 5.74) is 0. The molecule has 0 aromatic carbocycles. The van der Waals surface area contributed by atoms with Gasteiger partial charge in [0.25, 0.3) is 0 Å². The fourth-order valence-corrected chi connectivity index (χ4v) is 5.14. The first-order valence-corrected chi connectivity index (χ1v) is 11.6. The van der Waals surface area contributed by atoms with Gasteiger partial charge >= 0.3 is 110 Å². The number of unbranched alkanes of at least 4 members (excludes halogenated alkanes) is 10. The van der Waals surface area contributed by atoms with E-state index in [0.717, 1.165) is 23.5 Å². The zero-order valence-electron chi connectivity index (χ0n) is 14.2. The average Bonchev–Trinajstić information content (AvgIpc) is 2.90. The van der Waals surface area contributed by atoms with Gasteiger partial charge in [-0.25, -0.2) is 0 Å². The number of aliphatic hydroxyl groups excluding tert-OH is 1. The van der Waals surface area contributed by atoms with E-state index in [1.54, 1.807) is 0 Å². The number of carbonyl (C=O) groups excluding carboxylic acids is 1. The van der Waals surface area contributed by atoms with Crippen molar-refractivity contribution in [1.29, 1.82) is 0 Å². The fraction of sp³-hybridized carbons (Fsp3) is 0.944. The maximum absolute atomic E-state index is 11.7. The molecule has 0 spiro atoms. The molecule has 4 heteroatoms. The Balaban J connectivity index is 1.82. The summed E-state index contributed by atoms with van der Waals surface area (Å²) in [5, 5.41) is 11.4. The van der Waals surface area contributed by atoms with Gasteiger partial charge in [0.2, 0.25) is 0 Å². The second-order valence-electron chi connectivity index (χ2n) is 6.42. The van der Waals surface area contributed by atoms with E-state index in [1.165, 1.54) is 57.8 Å². The van der Waals surface area contributed by atoms with Gasteiger partial charge in [0.15, 0.2) is 0 Å². The van der Waals surface area contributed by atoms with Crippen LogP contribution in [-0.4, -0.2) is 38.2 Å². The number of esters is 1. The zero-order chi connectivity index (χ0) is 16.0. The van der Waals surface area contributed by atoms with Crippen LogP contribution in [0, 0.1) is 0 Å². The van der Waals surface area contributed by atoms with Gasteiger partial charge in [0.05, 0.1) is 0 Å². The fourth-order valence-electron chi connectivity index (χ4n) is 2.80. The van der Waals surface area contributed by atoms with Crippen molar-refractivity contribution in [2.75, 3.05) is 0 Å². The van der Waals surface area contributed by atoms with Crippen LogP contribution >= 0.6 is 0 Å². The molecule has 0 bridgehead atoms. The Morgan fingerprint density at radius 3 is 2.00 bits per heavy atom. The predicted molar refractivity (Wildman–Crippen MR) is 92.3 cm³/mol. The first kappa shape index (κ1) is 20.0. The van der Waals surface area contributed by atoms with E-state index in [-0.39, 0.29) is 12.1 Å². The molecule has 1 saturated heterocycles. The summed E-state index contributed by atoms with van der Waals surface area (Å²) < 4.78 is 5.34. The van der Waals surface area contributed by atoms with Gasteiger partial charge in [-0.15, -0.1) is 0 Å². The number of aliphatic hydroxyl groups is 1. The van der Waals surface area contributed by atoms with Gasteiger partial charge < -0.3 is 0 Å². The molecule has 1 fully saturated rings. The Labute approximate surface area is 142 Å². The Morgan fingerprint density at radius 2 is 1.50 bits per heavy atom. The van der Waals surface area contributed by atoms with Crippen molar-refractivity contribution in [3.63, 3.8) is 0 Å². The van der Waals surface area contributed by atoms with E-state index in [2.05, 4.69) is 6.92 Å². The molecule has 0 unspecified atom stereocenters. The molecule has 1 heterocycles. The topological polar surface area (TPSA) is 46.5 Å². The van der Waals surface area contributed by atoms with Crippen molar-refractivity contribution in [2.24, 2.45) is 0 Å². The minimum atomic E-state index is -0.402. The first-order valence-electron chi connectivity index (χ1n) is 9.19. The van der Waals surface area contributed by atoms with Crippen molar-refractivity contribution in [3.05, 3.63) is 0 Å². The van der Waals surface area contributed by atoms with Crippen LogP contribution in [-0.2, 0) is 9.53 Å². The van der Waals surface area contributed by atoms with Crippen LogP contribution < -0.4 is 0 Å². The van der Waals surface area contributed by atoms with Gasteiger partial charge in [0, 0.05) is 0 Å². The van der Waals surface area contributed by atoms with Gasteiger partial charge in [-0.1, -0.05) is 32.6 Å². The summed E-state index contributed by atoms with van der Waals surface area (Å²) in [5.74, 6) is -0.113. The molecule has 0 aliphatic carbocycles. The second-order valence-corrected chi connectivity index (χ2v) is 8.67. The molecular formula is C18H34O3Se. The summed E-state index contributed by atoms with van der Waals surface area (Å²) in [7, 11) is 0. The quantitative estimate of drug-likeness (QED) is 0.292. The molecule has 22 heavy (non-hydrogen) atoms. The Kier molecular flexibility index (Phi) is 12.2. The normalized spacial score (nSPS) is 21.2. The molecule has 1 aliphatic rings. The Hall–Kier alpha value is -0.0505. The summed E-state index contributed by atoms with van der Waals surface area (Å²) in [6, 6.07) is 0. The number of hydrogen-bond donors (Lipinski definition) is 1. The van der Waals surface area contributed by atoms with E-state index in [9.17, 15) is 9.90 Å². The molecule has 0 aromatic heterocycles. The van der Waals surface area contributed by atoms with E-state index in [0.29, 0.717) is 21.4 Å². The van der Waals surface area contributed by atoms with Gasteiger partial charge in [-0.2, -0.15) is 0 Å². The van der Waals surface area contributed by atoms with Crippen molar-refractivity contribution in [1.82, 2.24) is 0 Å². The molecule has 3 nitrogen and oxygen atoms in total. The Bertz CT molecular complexity index is 284. The molecular weight excluding hydrogens is 343 g/mol. The molecule has 130 valence electrons. The van der Waals surface area contributed by atoms with Gasteiger partial charge in [0.1, 0.15) is 0 Å². The summed E-state index contributed by atoms with van der Waals surface area (Å²) in [6.45, 7) is 2.26. The summed E-state index contributed by atoms with van der Waals surface area (Å²) in [6.07, 6.45) is 14.1. The van der Waals surface area contributed by atoms with E-state index < -0.39 is 6.10 Å². The third-order valence-corrected chi connectivity index (χ3v) is 6.66. The van der Waals surface area contributed by atoms with Gasteiger partial charge in [-0.05, 0) is 0 Å². The van der Waals surface area contributed by atoms with Crippen molar-refractivity contribution in [2.45, 2.75) is 107 Å². The molecule has 0 amide bonds. The number of ether oxygens (including phenoxy) is 1. The number of rotatable bonds is 13. The van der Waals surface area contributed by atoms with Crippen LogP contribution in [0.2, 0.25) is 10.6 Å². The number of hydrogen-bond acceptors (Lipinski definition) is 3. The van der Waals surface area contributed by atoms with E-state index in [1.807, 2.05) is 0 Å². The number of carbonyl (C=O) groups is 1. The van der Waals surface area contributed by atoms with E-state index in [4.69, 9.17) is 4.74 Å². The van der Waals surface area contributed by atoms with Crippen molar-refractivity contribution >= 4 is 20.9 Å². The standard InChI is InChI=1S/C18H34O3Se/c1-2-3-4-5-6-7-8-9-10-11-12-13-18(20)21-17-15-22-14-16(17)19/h16-17,19H,2-15H2,1H3/t16-,17-/m0/s1. The first-order chi connectivity index (χ1) is 10.7. The second kappa shape index (κ2) is 13.4. The van der Waals surface area contributed by atoms with Crippen molar-refractivity contribution in [3.8, 4) is 0 Å². The van der Waals surface area contributed by atoms with Crippen LogP contribution in [0.3, 0.4) is 0 Å². The van der Waals surface area contributed by atoms with Gasteiger partial charge in [-0.3, -0.25) is 0 Å². The molecule has 0 aromatic rings. The van der Waals surface area contributed by atoms with Crippen LogP contribution in [0.15, 0.2) is 0 Å². The molecule has 0 radical (unpaired) electrons. The molecule has 2 atom stereocenters. The third-order valence-electron chi connectivity index (χ3n) is 4.27. The minimum absolute atomic E-state index is 0.113. The maximum atomic E-state index is 11.7. The summed E-state index contributed by atoms with van der Waals surface area (Å²) >= 11 is 0.459. The van der Waals surface area contributed by atoms with Crippen LogP contribution in [0.25, 0.3) is 0 Å². The monoisotopic (exact) mass is 378 g/mol. The molecule has 0 saturated carbocycles. The van der Waals surface area contributed by atoms with Crippen molar-refractivity contribution < 1.29 is 14.6 Å². The summed E-state index contributed by atoms with van der Waals surface area (Å²) in [4.78, 5) is 11.7. The van der Waals surface area contributed by atoms with Crippen LogP contribution in [0.5, 0.6) is 0 Å². The van der Waals surface area contributed by atoms with Crippen LogP contribution in [0.4, 0.5) is 0 Å². The average molecular weight is 377 g/mol. The zero-order valence-corrected chi connectivity index (χ0v) is 15.9. The molecule has 1 N–H and O–H groups in total. The van der Waals surface area contributed by atoms with E-state index >= 15 is 0 Å². The van der Waals surface area contributed by atoms with Crippen LogP contribution in [0.1, 0.15) is 84.0 Å². The third kappa shape index (κ3) is 9.86.